The van der Waals surface area contributed by atoms with Crippen LogP contribution in [0.25, 0.3) is 0 Å². The zero-order valence-corrected chi connectivity index (χ0v) is 17.3. The molecule has 0 amide bonds. The molecule has 4 rings (SSSR count). The molecule has 3 fully saturated rings. The summed E-state index contributed by atoms with van der Waals surface area (Å²) in [6.45, 7) is 8.30. The Morgan fingerprint density at radius 1 is 0.929 bits per heavy atom. The molecule has 2 saturated heterocycles. The van der Waals surface area contributed by atoms with Gasteiger partial charge in [0.05, 0.1) is 33.5 Å². The number of likely N-dealkylation sites (tertiary alicyclic amines) is 1. The molecule has 0 bridgehead atoms. The zero-order valence-electron chi connectivity index (χ0n) is 17.3. The van der Waals surface area contributed by atoms with Crippen LogP contribution in [-0.4, -0.2) is 76.1 Å². The molecule has 1 aromatic rings. The van der Waals surface area contributed by atoms with Crippen LogP contribution in [0.15, 0.2) is 12.1 Å². The molecule has 0 spiro atoms. The van der Waals surface area contributed by atoms with Crippen molar-refractivity contribution in [3.05, 3.63) is 17.7 Å². The minimum absolute atomic E-state index is 0.248. The van der Waals surface area contributed by atoms with E-state index in [1.165, 1.54) is 31.5 Å². The normalized spacial score (nSPS) is 26.1. The SMILES string of the molecule is COc1cc(CN2CCCC2)cc(OC)c1OC1CC(CN2CCOCC2)C1. The van der Waals surface area contributed by atoms with Crippen LogP contribution in [0.4, 0.5) is 0 Å². The van der Waals surface area contributed by atoms with Crippen LogP contribution < -0.4 is 14.2 Å². The Morgan fingerprint density at radius 2 is 1.57 bits per heavy atom. The standard InChI is InChI=1S/C22H34N2O4/c1-25-20-13-18(16-23-5-3-4-6-23)14-21(26-2)22(20)28-19-11-17(12-19)15-24-7-9-27-10-8-24/h13-14,17,19H,3-12,15-16H2,1-2H3. The summed E-state index contributed by atoms with van der Waals surface area (Å²) in [6, 6.07) is 4.22. The molecule has 0 atom stereocenters. The molecule has 6 heteroatoms. The summed E-state index contributed by atoms with van der Waals surface area (Å²) < 4.78 is 23.1. The third-order valence-electron chi connectivity index (χ3n) is 6.22. The zero-order chi connectivity index (χ0) is 19.3. The summed E-state index contributed by atoms with van der Waals surface area (Å²) in [5.74, 6) is 3.04. The van der Waals surface area contributed by atoms with Crippen molar-refractivity contribution in [2.24, 2.45) is 5.92 Å². The van der Waals surface area contributed by atoms with E-state index in [0.29, 0.717) is 0 Å². The lowest BCUT2D eigenvalue weighted by atomic mass is 9.81. The van der Waals surface area contributed by atoms with Gasteiger partial charge in [-0.25, -0.2) is 0 Å². The highest BCUT2D eigenvalue weighted by molar-refractivity contribution is 5.54. The highest BCUT2D eigenvalue weighted by atomic mass is 16.5. The first kappa shape index (κ1) is 19.8. The van der Waals surface area contributed by atoms with Crippen molar-refractivity contribution in [3.8, 4) is 17.2 Å². The number of nitrogens with zero attached hydrogens (tertiary/aromatic N) is 2. The van der Waals surface area contributed by atoms with E-state index in [-0.39, 0.29) is 6.10 Å². The van der Waals surface area contributed by atoms with E-state index < -0.39 is 0 Å². The quantitative estimate of drug-likeness (QED) is 0.680. The summed E-state index contributed by atoms with van der Waals surface area (Å²) in [5, 5.41) is 0. The van der Waals surface area contributed by atoms with E-state index in [1.54, 1.807) is 14.2 Å². The van der Waals surface area contributed by atoms with Gasteiger partial charge < -0.3 is 18.9 Å². The third kappa shape index (κ3) is 4.73. The first-order valence-electron chi connectivity index (χ1n) is 10.7. The Labute approximate surface area is 168 Å². The van der Waals surface area contributed by atoms with E-state index in [0.717, 1.165) is 75.4 Å². The maximum atomic E-state index is 6.33. The molecule has 1 aromatic carbocycles. The minimum Gasteiger partial charge on any atom is -0.493 e. The van der Waals surface area contributed by atoms with Gasteiger partial charge in [0.25, 0.3) is 0 Å². The molecule has 6 nitrogen and oxygen atoms in total. The van der Waals surface area contributed by atoms with Gasteiger partial charge in [0.1, 0.15) is 0 Å². The molecular weight excluding hydrogens is 356 g/mol. The molecule has 0 unspecified atom stereocenters. The molecule has 2 aliphatic heterocycles. The molecule has 0 aromatic heterocycles. The van der Waals surface area contributed by atoms with Crippen molar-refractivity contribution in [2.45, 2.75) is 38.3 Å². The fourth-order valence-corrected chi connectivity index (χ4v) is 4.58. The van der Waals surface area contributed by atoms with E-state index >= 15 is 0 Å². The maximum absolute atomic E-state index is 6.33. The molecule has 2 heterocycles. The van der Waals surface area contributed by atoms with Gasteiger partial charge in [0.2, 0.25) is 5.75 Å². The van der Waals surface area contributed by atoms with Gasteiger partial charge in [-0.3, -0.25) is 9.80 Å². The van der Waals surface area contributed by atoms with Crippen LogP contribution in [0.1, 0.15) is 31.2 Å². The molecule has 1 saturated carbocycles. The second-order valence-corrected chi connectivity index (χ2v) is 8.30. The highest BCUT2D eigenvalue weighted by Gasteiger charge is 2.34. The van der Waals surface area contributed by atoms with Crippen LogP contribution in [-0.2, 0) is 11.3 Å². The van der Waals surface area contributed by atoms with Crippen LogP contribution >= 0.6 is 0 Å². The lowest BCUT2D eigenvalue weighted by Gasteiger charge is -2.39. The summed E-state index contributed by atoms with van der Waals surface area (Å²) in [7, 11) is 3.42. The summed E-state index contributed by atoms with van der Waals surface area (Å²) in [6.07, 6.45) is 5.03. The van der Waals surface area contributed by atoms with Gasteiger partial charge in [-0.1, -0.05) is 0 Å². The van der Waals surface area contributed by atoms with Crippen molar-refractivity contribution in [1.82, 2.24) is 9.80 Å². The second-order valence-electron chi connectivity index (χ2n) is 8.30. The largest absolute Gasteiger partial charge is 0.493 e. The summed E-state index contributed by atoms with van der Waals surface area (Å²) in [4.78, 5) is 5.00. The molecule has 3 aliphatic rings. The van der Waals surface area contributed by atoms with Crippen LogP contribution in [0.2, 0.25) is 0 Å². The van der Waals surface area contributed by atoms with E-state index in [9.17, 15) is 0 Å². The average molecular weight is 391 g/mol. The van der Waals surface area contributed by atoms with Gasteiger partial charge >= 0.3 is 0 Å². The number of morpholine rings is 1. The molecule has 1 aliphatic carbocycles. The molecule has 0 N–H and O–H groups in total. The van der Waals surface area contributed by atoms with Crippen molar-refractivity contribution in [2.75, 3.05) is 60.2 Å². The van der Waals surface area contributed by atoms with Gasteiger partial charge in [-0.2, -0.15) is 0 Å². The lowest BCUT2D eigenvalue weighted by molar-refractivity contribution is -0.00101. The van der Waals surface area contributed by atoms with E-state index in [1.807, 2.05) is 0 Å². The summed E-state index contributed by atoms with van der Waals surface area (Å²) >= 11 is 0. The Morgan fingerprint density at radius 3 is 2.18 bits per heavy atom. The Balaban J connectivity index is 1.35. The number of ether oxygens (including phenoxy) is 4. The first-order valence-corrected chi connectivity index (χ1v) is 10.7. The highest BCUT2D eigenvalue weighted by Crippen LogP contribution is 2.42. The molecule has 28 heavy (non-hydrogen) atoms. The van der Waals surface area contributed by atoms with Crippen molar-refractivity contribution in [1.29, 1.82) is 0 Å². The number of hydrogen-bond acceptors (Lipinski definition) is 6. The van der Waals surface area contributed by atoms with Crippen molar-refractivity contribution >= 4 is 0 Å². The maximum Gasteiger partial charge on any atom is 0.203 e. The molecule has 0 radical (unpaired) electrons. The van der Waals surface area contributed by atoms with Crippen LogP contribution in [0.5, 0.6) is 17.2 Å². The number of rotatable bonds is 8. The second kappa shape index (κ2) is 9.33. The van der Waals surface area contributed by atoms with Crippen molar-refractivity contribution < 1.29 is 18.9 Å². The van der Waals surface area contributed by atoms with E-state index in [4.69, 9.17) is 18.9 Å². The fourth-order valence-electron chi connectivity index (χ4n) is 4.58. The van der Waals surface area contributed by atoms with Crippen molar-refractivity contribution in [3.63, 3.8) is 0 Å². The Kier molecular flexibility index (Phi) is 6.60. The Bertz CT molecular complexity index is 610. The predicted octanol–water partition coefficient (Wildman–Crippen LogP) is 2.79. The number of methoxy groups -OCH3 is 2. The van der Waals surface area contributed by atoms with Crippen LogP contribution in [0.3, 0.4) is 0 Å². The van der Waals surface area contributed by atoms with Gasteiger partial charge in [0, 0.05) is 26.2 Å². The predicted molar refractivity (Wildman–Crippen MR) is 108 cm³/mol. The molecule has 156 valence electrons. The smallest absolute Gasteiger partial charge is 0.203 e. The van der Waals surface area contributed by atoms with Gasteiger partial charge in [-0.05, 0) is 62.4 Å². The first-order chi connectivity index (χ1) is 13.7. The summed E-state index contributed by atoms with van der Waals surface area (Å²) in [5.41, 5.74) is 1.22. The topological polar surface area (TPSA) is 43.4 Å². The van der Waals surface area contributed by atoms with Gasteiger partial charge in [-0.15, -0.1) is 0 Å². The van der Waals surface area contributed by atoms with Gasteiger partial charge in [0.15, 0.2) is 11.5 Å². The fraction of sp³-hybridized carbons (Fsp3) is 0.727. The molecular formula is C22H34N2O4. The monoisotopic (exact) mass is 390 g/mol. The van der Waals surface area contributed by atoms with E-state index in [2.05, 4.69) is 21.9 Å². The lowest BCUT2D eigenvalue weighted by Crippen LogP contribution is -2.45. The minimum atomic E-state index is 0.248. The number of benzene rings is 1. The number of hydrogen-bond donors (Lipinski definition) is 0. The van der Waals surface area contributed by atoms with Crippen LogP contribution in [0, 0.1) is 5.92 Å². The third-order valence-corrected chi connectivity index (χ3v) is 6.22. The Hall–Kier alpha value is -1.50. The average Bonchev–Trinajstić information content (AvgIpc) is 3.20.